The number of rotatable bonds is 4. The average molecular weight is 231 g/mol. The van der Waals surface area contributed by atoms with E-state index in [1.807, 2.05) is 30.3 Å². The Balaban J connectivity index is 1.85. The molecule has 88 valence electrons. The highest BCUT2D eigenvalue weighted by molar-refractivity contribution is 5.92. The van der Waals surface area contributed by atoms with Crippen LogP contribution in [0, 0.1) is 0 Å². The number of hydrogen-bond acceptors (Lipinski definition) is 4. The fraction of sp³-hybridized carbons (Fsp3) is 0.182. The van der Waals surface area contributed by atoms with E-state index in [-0.39, 0.29) is 12.5 Å². The van der Waals surface area contributed by atoms with E-state index in [0.29, 0.717) is 5.95 Å². The minimum Gasteiger partial charge on any atom is -0.376 e. The standard InChI is InChI=1S/C11H13N5O/c1-16-11(13-8-14-16)15-10(17)7-12-9-5-3-2-4-6-9/h2-6,8,12H,7H2,1H3,(H,13,14,15,17). The Hall–Kier alpha value is -2.37. The van der Waals surface area contributed by atoms with Crippen molar-refractivity contribution in [1.82, 2.24) is 14.8 Å². The van der Waals surface area contributed by atoms with Crippen molar-refractivity contribution in [2.24, 2.45) is 7.05 Å². The third-order valence-electron chi connectivity index (χ3n) is 2.19. The normalized spacial score (nSPS) is 9.94. The lowest BCUT2D eigenvalue weighted by Gasteiger charge is -2.06. The van der Waals surface area contributed by atoms with E-state index in [9.17, 15) is 4.79 Å². The minimum absolute atomic E-state index is 0.162. The molecule has 1 aromatic heterocycles. The lowest BCUT2D eigenvalue weighted by Crippen LogP contribution is -2.23. The first-order chi connectivity index (χ1) is 8.25. The molecule has 0 unspecified atom stereocenters. The summed E-state index contributed by atoms with van der Waals surface area (Å²) in [6, 6.07) is 9.53. The first kappa shape index (κ1) is 11.1. The van der Waals surface area contributed by atoms with Gasteiger partial charge in [-0.3, -0.25) is 10.1 Å². The Morgan fingerprint density at radius 1 is 1.35 bits per heavy atom. The summed E-state index contributed by atoms with van der Waals surface area (Å²) in [5.41, 5.74) is 0.903. The van der Waals surface area contributed by atoms with Crippen LogP contribution in [0.5, 0.6) is 0 Å². The molecule has 17 heavy (non-hydrogen) atoms. The van der Waals surface area contributed by atoms with Crippen molar-refractivity contribution in [2.45, 2.75) is 0 Å². The van der Waals surface area contributed by atoms with Crippen LogP contribution in [-0.2, 0) is 11.8 Å². The zero-order valence-corrected chi connectivity index (χ0v) is 9.42. The van der Waals surface area contributed by atoms with E-state index in [1.54, 1.807) is 7.05 Å². The maximum absolute atomic E-state index is 11.6. The monoisotopic (exact) mass is 231 g/mol. The summed E-state index contributed by atoms with van der Waals surface area (Å²) in [7, 11) is 1.72. The molecule has 6 heteroatoms. The number of nitrogens with one attached hydrogen (secondary N) is 2. The second-order valence-electron chi connectivity index (χ2n) is 3.48. The van der Waals surface area contributed by atoms with Gasteiger partial charge >= 0.3 is 0 Å². The van der Waals surface area contributed by atoms with Gasteiger partial charge in [0.25, 0.3) is 0 Å². The number of carbonyl (C=O) groups is 1. The van der Waals surface area contributed by atoms with Gasteiger partial charge < -0.3 is 5.32 Å². The highest BCUT2D eigenvalue weighted by Crippen LogP contribution is 2.04. The van der Waals surface area contributed by atoms with Gasteiger partial charge in [-0.05, 0) is 12.1 Å². The molecule has 0 bridgehead atoms. The van der Waals surface area contributed by atoms with Crippen LogP contribution >= 0.6 is 0 Å². The van der Waals surface area contributed by atoms with E-state index in [1.165, 1.54) is 11.0 Å². The Bertz CT molecular complexity index is 494. The van der Waals surface area contributed by atoms with Crippen molar-refractivity contribution in [3.63, 3.8) is 0 Å². The van der Waals surface area contributed by atoms with Gasteiger partial charge in [0, 0.05) is 12.7 Å². The molecule has 0 atom stereocenters. The molecule has 0 radical (unpaired) electrons. The number of para-hydroxylation sites is 1. The second kappa shape index (κ2) is 5.11. The van der Waals surface area contributed by atoms with Gasteiger partial charge in [0.2, 0.25) is 11.9 Å². The number of carbonyl (C=O) groups excluding carboxylic acids is 1. The predicted molar refractivity (Wildman–Crippen MR) is 64.6 cm³/mol. The Kier molecular flexibility index (Phi) is 3.34. The molecule has 6 nitrogen and oxygen atoms in total. The van der Waals surface area contributed by atoms with E-state index < -0.39 is 0 Å². The molecule has 0 saturated carbocycles. The van der Waals surface area contributed by atoms with Crippen LogP contribution in [0.25, 0.3) is 0 Å². The largest absolute Gasteiger partial charge is 0.376 e. The number of benzene rings is 1. The van der Waals surface area contributed by atoms with Gasteiger partial charge in [-0.1, -0.05) is 18.2 Å². The summed E-state index contributed by atoms with van der Waals surface area (Å²) in [5, 5.41) is 9.51. The summed E-state index contributed by atoms with van der Waals surface area (Å²) in [5.74, 6) is 0.273. The van der Waals surface area contributed by atoms with Gasteiger partial charge in [-0.25, -0.2) is 4.68 Å². The summed E-state index contributed by atoms with van der Waals surface area (Å²) in [6.07, 6.45) is 1.39. The summed E-state index contributed by atoms with van der Waals surface area (Å²) in [6.45, 7) is 0.191. The van der Waals surface area contributed by atoms with Gasteiger partial charge in [0.15, 0.2) is 0 Å². The quantitative estimate of drug-likeness (QED) is 0.818. The van der Waals surface area contributed by atoms with Crippen molar-refractivity contribution >= 4 is 17.5 Å². The number of amides is 1. The van der Waals surface area contributed by atoms with Crippen LogP contribution < -0.4 is 10.6 Å². The van der Waals surface area contributed by atoms with Crippen molar-refractivity contribution in [3.8, 4) is 0 Å². The molecular weight excluding hydrogens is 218 g/mol. The lowest BCUT2D eigenvalue weighted by atomic mass is 10.3. The predicted octanol–water partition coefficient (Wildman–Crippen LogP) is 0.866. The molecule has 1 aromatic carbocycles. The van der Waals surface area contributed by atoms with Gasteiger partial charge in [0.05, 0.1) is 6.54 Å². The van der Waals surface area contributed by atoms with E-state index in [4.69, 9.17) is 0 Å². The molecule has 0 aliphatic heterocycles. The molecule has 0 fully saturated rings. The van der Waals surface area contributed by atoms with Crippen molar-refractivity contribution in [2.75, 3.05) is 17.2 Å². The minimum atomic E-state index is -0.162. The highest BCUT2D eigenvalue weighted by atomic mass is 16.2. The molecule has 2 N–H and O–H groups in total. The number of aromatic nitrogens is 3. The van der Waals surface area contributed by atoms with Crippen LogP contribution in [0.3, 0.4) is 0 Å². The molecule has 0 aliphatic carbocycles. The smallest absolute Gasteiger partial charge is 0.246 e. The van der Waals surface area contributed by atoms with E-state index in [2.05, 4.69) is 20.7 Å². The zero-order valence-electron chi connectivity index (χ0n) is 9.42. The topological polar surface area (TPSA) is 71.8 Å². The summed E-state index contributed by atoms with van der Waals surface area (Å²) >= 11 is 0. The van der Waals surface area contributed by atoms with Crippen molar-refractivity contribution < 1.29 is 4.79 Å². The number of nitrogens with zero attached hydrogens (tertiary/aromatic N) is 3. The summed E-state index contributed by atoms with van der Waals surface area (Å²) in [4.78, 5) is 15.5. The average Bonchev–Trinajstić information content (AvgIpc) is 2.74. The van der Waals surface area contributed by atoms with Gasteiger partial charge in [-0.2, -0.15) is 10.1 Å². The number of hydrogen-bond donors (Lipinski definition) is 2. The maximum Gasteiger partial charge on any atom is 0.246 e. The Morgan fingerprint density at radius 3 is 2.76 bits per heavy atom. The molecule has 0 saturated heterocycles. The first-order valence-electron chi connectivity index (χ1n) is 5.18. The first-order valence-corrected chi connectivity index (χ1v) is 5.18. The van der Waals surface area contributed by atoms with Crippen molar-refractivity contribution in [1.29, 1.82) is 0 Å². The lowest BCUT2D eigenvalue weighted by molar-refractivity contribution is -0.114. The highest BCUT2D eigenvalue weighted by Gasteiger charge is 2.05. The third kappa shape index (κ3) is 3.04. The maximum atomic E-state index is 11.6. The molecular formula is C11H13N5O. The molecule has 0 aliphatic rings. The summed E-state index contributed by atoms with van der Waals surface area (Å²) < 4.78 is 1.50. The molecule has 1 heterocycles. The number of anilines is 2. The van der Waals surface area contributed by atoms with E-state index in [0.717, 1.165) is 5.69 Å². The third-order valence-corrected chi connectivity index (χ3v) is 2.19. The van der Waals surface area contributed by atoms with E-state index >= 15 is 0 Å². The fourth-order valence-corrected chi connectivity index (χ4v) is 1.32. The van der Waals surface area contributed by atoms with Gasteiger partial charge in [-0.15, -0.1) is 0 Å². The Labute approximate surface area is 98.7 Å². The van der Waals surface area contributed by atoms with Crippen LogP contribution in [0.2, 0.25) is 0 Å². The van der Waals surface area contributed by atoms with Crippen LogP contribution in [0.15, 0.2) is 36.7 Å². The van der Waals surface area contributed by atoms with Crippen LogP contribution in [-0.4, -0.2) is 27.2 Å². The number of aryl methyl sites for hydroxylation is 1. The zero-order chi connectivity index (χ0) is 12.1. The molecule has 2 aromatic rings. The van der Waals surface area contributed by atoms with Gasteiger partial charge in [0.1, 0.15) is 6.33 Å². The SMILES string of the molecule is Cn1ncnc1NC(=O)CNc1ccccc1. The fourth-order valence-electron chi connectivity index (χ4n) is 1.32. The second-order valence-corrected chi connectivity index (χ2v) is 3.48. The van der Waals surface area contributed by atoms with Crippen molar-refractivity contribution in [3.05, 3.63) is 36.7 Å². The molecule has 2 rings (SSSR count). The van der Waals surface area contributed by atoms with Crippen LogP contribution in [0.1, 0.15) is 0 Å². The van der Waals surface area contributed by atoms with Crippen LogP contribution in [0.4, 0.5) is 11.6 Å². The molecule has 0 spiro atoms. The Morgan fingerprint density at radius 2 is 2.12 bits per heavy atom. The molecule has 1 amide bonds.